The quantitative estimate of drug-likeness (QED) is 0.827. The van der Waals surface area contributed by atoms with Crippen LogP contribution in [0, 0.1) is 0 Å². The Labute approximate surface area is 97.1 Å². The maximum atomic E-state index is 4.69. The van der Waals surface area contributed by atoms with Crippen molar-refractivity contribution in [3.8, 4) is 0 Å². The molecule has 2 nitrogen and oxygen atoms in total. The van der Waals surface area contributed by atoms with Crippen LogP contribution in [0.15, 0.2) is 5.38 Å². The SMILES string of the molecule is CCC(NC(C)C)c1nc(C(C)C)cs1. The molecule has 0 saturated carbocycles. The Morgan fingerprint density at radius 1 is 1.33 bits per heavy atom. The van der Waals surface area contributed by atoms with Gasteiger partial charge in [-0.25, -0.2) is 4.98 Å². The Morgan fingerprint density at radius 3 is 2.40 bits per heavy atom. The van der Waals surface area contributed by atoms with Gasteiger partial charge in [-0.05, 0) is 12.3 Å². The van der Waals surface area contributed by atoms with Crippen LogP contribution in [0.25, 0.3) is 0 Å². The second-order valence-corrected chi connectivity index (χ2v) is 5.44. The van der Waals surface area contributed by atoms with Crippen molar-refractivity contribution in [3.63, 3.8) is 0 Å². The van der Waals surface area contributed by atoms with Gasteiger partial charge in [0.05, 0.1) is 11.7 Å². The minimum absolute atomic E-state index is 0.419. The topological polar surface area (TPSA) is 24.9 Å². The molecule has 3 heteroatoms. The van der Waals surface area contributed by atoms with Crippen molar-refractivity contribution in [2.75, 3.05) is 0 Å². The molecular formula is C12H22N2S. The number of rotatable bonds is 5. The maximum absolute atomic E-state index is 4.69. The first kappa shape index (κ1) is 12.7. The predicted molar refractivity (Wildman–Crippen MR) is 67.5 cm³/mol. The van der Waals surface area contributed by atoms with Gasteiger partial charge in [0.2, 0.25) is 0 Å². The smallest absolute Gasteiger partial charge is 0.110 e. The van der Waals surface area contributed by atoms with Crippen molar-refractivity contribution in [2.24, 2.45) is 0 Å². The monoisotopic (exact) mass is 226 g/mol. The summed E-state index contributed by atoms with van der Waals surface area (Å²) in [5, 5.41) is 6.96. The van der Waals surface area contributed by atoms with E-state index in [0.29, 0.717) is 18.0 Å². The summed E-state index contributed by atoms with van der Waals surface area (Å²) in [4.78, 5) is 4.69. The predicted octanol–water partition coefficient (Wildman–Crippen LogP) is 3.72. The van der Waals surface area contributed by atoms with Gasteiger partial charge in [0, 0.05) is 11.4 Å². The molecule has 0 aromatic carbocycles. The largest absolute Gasteiger partial charge is 0.306 e. The molecule has 86 valence electrons. The number of hydrogen-bond donors (Lipinski definition) is 1. The molecule has 1 aromatic rings. The van der Waals surface area contributed by atoms with Gasteiger partial charge >= 0.3 is 0 Å². The lowest BCUT2D eigenvalue weighted by atomic mass is 10.1. The molecule has 0 aliphatic rings. The molecule has 1 heterocycles. The highest BCUT2D eigenvalue weighted by molar-refractivity contribution is 7.09. The van der Waals surface area contributed by atoms with E-state index < -0.39 is 0 Å². The maximum Gasteiger partial charge on any atom is 0.110 e. The van der Waals surface area contributed by atoms with E-state index in [-0.39, 0.29) is 0 Å². The summed E-state index contributed by atoms with van der Waals surface area (Å²) in [5.41, 5.74) is 1.22. The molecule has 0 amide bonds. The molecule has 0 aliphatic carbocycles. The van der Waals surface area contributed by atoms with Gasteiger partial charge in [0.25, 0.3) is 0 Å². The molecule has 0 fully saturated rings. The Balaban J connectivity index is 2.74. The van der Waals surface area contributed by atoms with Gasteiger partial charge in [0.15, 0.2) is 0 Å². The molecule has 1 N–H and O–H groups in total. The molecular weight excluding hydrogens is 204 g/mol. The number of nitrogens with one attached hydrogen (secondary N) is 1. The number of nitrogens with zero attached hydrogens (tertiary/aromatic N) is 1. The fourth-order valence-corrected chi connectivity index (χ4v) is 2.62. The van der Waals surface area contributed by atoms with E-state index in [1.807, 2.05) is 0 Å². The highest BCUT2D eigenvalue weighted by Crippen LogP contribution is 2.24. The van der Waals surface area contributed by atoms with Crippen LogP contribution >= 0.6 is 11.3 Å². The third-order valence-electron chi connectivity index (χ3n) is 2.37. The van der Waals surface area contributed by atoms with Crippen molar-refractivity contribution in [1.29, 1.82) is 0 Å². The van der Waals surface area contributed by atoms with Crippen LogP contribution in [0.1, 0.15) is 63.7 Å². The van der Waals surface area contributed by atoms with Crippen LogP contribution in [0.5, 0.6) is 0 Å². The molecule has 1 rings (SSSR count). The second-order valence-electron chi connectivity index (χ2n) is 4.55. The summed E-state index contributed by atoms with van der Waals surface area (Å²) >= 11 is 1.78. The highest BCUT2D eigenvalue weighted by Gasteiger charge is 2.15. The van der Waals surface area contributed by atoms with Gasteiger partial charge in [0.1, 0.15) is 5.01 Å². The average Bonchev–Trinajstić information content (AvgIpc) is 2.62. The van der Waals surface area contributed by atoms with E-state index in [4.69, 9.17) is 0 Å². The van der Waals surface area contributed by atoms with Gasteiger partial charge in [-0.15, -0.1) is 11.3 Å². The number of hydrogen-bond acceptors (Lipinski definition) is 3. The minimum Gasteiger partial charge on any atom is -0.306 e. The standard InChI is InChI=1S/C12H22N2S/c1-6-10(13-9(4)5)12-14-11(7-15-12)8(2)3/h7-10,13H,6H2,1-5H3. The molecule has 15 heavy (non-hydrogen) atoms. The number of thiazole rings is 1. The third kappa shape index (κ3) is 3.58. The van der Waals surface area contributed by atoms with Gasteiger partial charge in [-0.3, -0.25) is 0 Å². The van der Waals surface area contributed by atoms with E-state index >= 15 is 0 Å². The first-order chi connectivity index (χ1) is 7.04. The van der Waals surface area contributed by atoms with Crippen molar-refractivity contribution in [1.82, 2.24) is 10.3 Å². The fourth-order valence-electron chi connectivity index (χ4n) is 1.49. The van der Waals surface area contributed by atoms with Crippen LogP contribution in [-0.4, -0.2) is 11.0 Å². The van der Waals surface area contributed by atoms with E-state index in [1.54, 1.807) is 11.3 Å². The summed E-state index contributed by atoms with van der Waals surface area (Å²) in [6, 6.07) is 0.934. The van der Waals surface area contributed by atoms with E-state index in [9.17, 15) is 0 Å². The number of aromatic nitrogens is 1. The zero-order chi connectivity index (χ0) is 11.4. The van der Waals surface area contributed by atoms with Crippen molar-refractivity contribution in [2.45, 2.75) is 59.0 Å². The van der Waals surface area contributed by atoms with E-state index in [1.165, 1.54) is 10.7 Å². The normalized spacial score (nSPS) is 13.8. The van der Waals surface area contributed by atoms with Gasteiger partial charge < -0.3 is 5.32 Å². The summed E-state index contributed by atoms with van der Waals surface area (Å²) in [6.45, 7) is 10.9. The van der Waals surface area contributed by atoms with Crippen LogP contribution in [0.4, 0.5) is 0 Å². The van der Waals surface area contributed by atoms with Crippen LogP contribution in [0.3, 0.4) is 0 Å². The van der Waals surface area contributed by atoms with E-state index in [0.717, 1.165) is 6.42 Å². The zero-order valence-corrected chi connectivity index (χ0v) is 11.2. The summed E-state index contributed by atoms with van der Waals surface area (Å²) in [6.07, 6.45) is 1.10. The molecule has 0 saturated heterocycles. The molecule has 1 aromatic heterocycles. The Hall–Kier alpha value is -0.410. The van der Waals surface area contributed by atoms with Gasteiger partial charge in [-0.1, -0.05) is 34.6 Å². The third-order valence-corrected chi connectivity index (χ3v) is 3.35. The Bertz CT molecular complexity index is 292. The van der Waals surface area contributed by atoms with Crippen LogP contribution < -0.4 is 5.32 Å². The first-order valence-corrected chi connectivity index (χ1v) is 6.63. The fraction of sp³-hybridized carbons (Fsp3) is 0.750. The van der Waals surface area contributed by atoms with Crippen molar-refractivity contribution in [3.05, 3.63) is 16.1 Å². The van der Waals surface area contributed by atoms with E-state index in [2.05, 4.69) is 50.3 Å². The molecule has 1 atom stereocenters. The highest BCUT2D eigenvalue weighted by atomic mass is 32.1. The van der Waals surface area contributed by atoms with Crippen LogP contribution in [-0.2, 0) is 0 Å². The first-order valence-electron chi connectivity index (χ1n) is 5.76. The molecule has 0 spiro atoms. The van der Waals surface area contributed by atoms with Crippen molar-refractivity contribution < 1.29 is 0 Å². The lowest BCUT2D eigenvalue weighted by Gasteiger charge is -2.17. The molecule has 0 aliphatic heterocycles. The lowest BCUT2D eigenvalue weighted by molar-refractivity contribution is 0.464. The van der Waals surface area contributed by atoms with Crippen LogP contribution in [0.2, 0.25) is 0 Å². The second kappa shape index (κ2) is 5.61. The summed E-state index contributed by atoms with van der Waals surface area (Å²) in [7, 11) is 0. The Morgan fingerprint density at radius 2 is 2.00 bits per heavy atom. The minimum atomic E-state index is 0.419. The lowest BCUT2D eigenvalue weighted by Crippen LogP contribution is -2.27. The molecule has 0 bridgehead atoms. The summed E-state index contributed by atoms with van der Waals surface area (Å²) < 4.78 is 0. The molecule has 0 radical (unpaired) electrons. The zero-order valence-electron chi connectivity index (χ0n) is 10.4. The average molecular weight is 226 g/mol. The Kier molecular flexibility index (Phi) is 4.74. The molecule has 1 unspecified atom stereocenters. The summed E-state index contributed by atoms with van der Waals surface area (Å²) in [5.74, 6) is 0.534. The van der Waals surface area contributed by atoms with Crippen molar-refractivity contribution >= 4 is 11.3 Å². The van der Waals surface area contributed by atoms with Gasteiger partial charge in [-0.2, -0.15) is 0 Å².